The van der Waals surface area contributed by atoms with Crippen molar-refractivity contribution in [2.75, 3.05) is 26.3 Å². The number of carboxylic acid groups (broad SMARTS) is 3. The standard InChI is InChI=1S/C25H38N2O10.2C4H6O2/c1-14(2)23(34)36-10-11-37-24(35)19(17(5)29)21(31)26-9-8-15(3)12-25(6,7)13-27-20(30)18(16(4)28)22(32)33;2*1-3(2)4(5)6/h15,18-19H,1,8-13H2,2-7H3,(H,26,31)(H,27,30)(H,32,33);2*1H2,2H3,(H,5,6). The van der Waals surface area contributed by atoms with Crippen molar-refractivity contribution in [3.8, 4) is 0 Å². The first-order chi connectivity index (χ1) is 22.3. The molecule has 0 aliphatic heterocycles. The fourth-order valence-corrected chi connectivity index (χ4v) is 3.50. The van der Waals surface area contributed by atoms with Gasteiger partial charge in [-0.1, -0.05) is 40.5 Å². The largest absolute Gasteiger partial charge is 0.480 e. The number of ketones is 2. The van der Waals surface area contributed by atoms with Crippen LogP contribution >= 0.6 is 0 Å². The molecule has 5 N–H and O–H groups in total. The zero-order valence-electron chi connectivity index (χ0n) is 29.4. The minimum atomic E-state index is -1.75. The van der Waals surface area contributed by atoms with E-state index in [0.717, 1.165) is 13.8 Å². The molecule has 0 bridgehead atoms. The number of hydrogen-bond acceptors (Lipinski definition) is 11. The summed E-state index contributed by atoms with van der Waals surface area (Å²) in [7, 11) is 0. The number of nitrogens with one attached hydrogen (secondary N) is 2. The molecule has 0 aliphatic rings. The number of carbonyl (C=O) groups is 9. The van der Waals surface area contributed by atoms with E-state index >= 15 is 0 Å². The van der Waals surface area contributed by atoms with Crippen LogP contribution in [0.2, 0.25) is 0 Å². The van der Waals surface area contributed by atoms with E-state index in [1.807, 2.05) is 20.8 Å². The van der Waals surface area contributed by atoms with Gasteiger partial charge in [-0.15, -0.1) is 0 Å². The van der Waals surface area contributed by atoms with Gasteiger partial charge >= 0.3 is 29.8 Å². The molecule has 0 aromatic carbocycles. The Hall–Kier alpha value is -5.15. The molecule has 0 aromatic rings. The van der Waals surface area contributed by atoms with Crippen molar-refractivity contribution >= 4 is 53.2 Å². The lowest BCUT2D eigenvalue weighted by Gasteiger charge is -2.29. The van der Waals surface area contributed by atoms with E-state index in [-0.39, 0.29) is 48.9 Å². The molecule has 16 nitrogen and oxygen atoms in total. The monoisotopic (exact) mass is 698 g/mol. The summed E-state index contributed by atoms with van der Waals surface area (Å²) in [6, 6.07) is 0. The minimum absolute atomic E-state index is 0.0426. The summed E-state index contributed by atoms with van der Waals surface area (Å²) in [5.74, 6) is -11.6. The molecule has 0 heterocycles. The number of aliphatic carboxylic acids is 3. The molecule has 0 fully saturated rings. The Kier molecular flexibility index (Phi) is 23.7. The molecule has 0 aliphatic carbocycles. The average Bonchev–Trinajstić information content (AvgIpc) is 2.93. The lowest BCUT2D eigenvalue weighted by atomic mass is 9.82. The van der Waals surface area contributed by atoms with Gasteiger partial charge in [0.1, 0.15) is 13.2 Å². The van der Waals surface area contributed by atoms with Crippen molar-refractivity contribution in [1.82, 2.24) is 10.6 Å². The van der Waals surface area contributed by atoms with Gasteiger partial charge in [-0.25, -0.2) is 14.4 Å². The van der Waals surface area contributed by atoms with Gasteiger partial charge in [0.2, 0.25) is 11.8 Å². The molecule has 0 saturated carbocycles. The first-order valence-electron chi connectivity index (χ1n) is 14.8. The molecule has 0 saturated heterocycles. The quantitative estimate of drug-likeness (QED) is 0.0560. The predicted molar refractivity (Wildman–Crippen MR) is 176 cm³/mol. The zero-order chi connectivity index (χ0) is 39.2. The summed E-state index contributed by atoms with van der Waals surface area (Å²) < 4.78 is 9.67. The number of esters is 2. The van der Waals surface area contributed by atoms with Crippen molar-refractivity contribution in [3.63, 3.8) is 0 Å². The molecular formula is C33H50N2O14. The number of Topliss-reactive ketones (excluding diaryl/α,β-unsaturated/α-hetero) is 2. The van der Waals surface area contributed by atoms with E-state index in [1.54, 1.807) is 0 Å². The lowest BCUT2D eigenvalue weighted by molar-refractivity contribution is -0.159. The summed E-state index contributed by atoms with van der Waals surface area (Å²) in [5, 5.41) is 29.9. The van der Waals surface area contributed by atoms with E-state index in [9.17, 15) is 43.2 Å². The third kappa shape index (κ3) is 23.8. The van der Waals surface area contributed by atoms with Crippen LogP contribution in [0.3, 0.4) is 0 Å². The van der Waals surface area contributed by atoms with E-state index in [2.05, 4.69) is 30.4 Å². The lowest BCUT2D eigenvalue weighted by Crippen LogP contribution is -2.43. The van der Waals surface area contributed by atoms with Crippen LogP contribution in [0.4, 0.5) is 0 Å². The molecule has 0 radical (unpaired) electrons. The van der Waals surface area contributed by atoms with Gasteiger partial charge in [-0.05, 0) is 58.8 Å². The van der Waals surface area contributed by atoms with Gasteiger partial charge in [0.25, 0.3) is 0 Å². The summed E-state index contributed by atoms with van der Waals surface area (Å²) in [5.41, 5.74) is 0.0811. The highest BCUT2D eigenvalue weighted by Gasteiger charge is 2.34. The Balaban J connectivity index is -0.00000149. The second-order valence-corrected chi connectivity index (χ2v) is 12.0. The third-order valence-corrected chi connectivity index (χ3v) is 6.04. The Labute approximate surface area is 286 Å². The molecule has 2 amide bonds. The van der Waals surface area contributed by atoms with Crippen LogP contribution in [-0.2, 0) is 52.6 Å². The van der Waals surface area contributed by atoms with E-state index in [1.165, 1.54) is 20.8 Å². The SMILES string of the molecule is C=C(C)C(=O)O.C=C(C)C(=O)O.C=C(C)C(=O)OCCOC(=O)C(C(C)=O)C(=O)NCCC(C)CC(C)(C)CNC(=O)C(C(C)=O)C(=O)O. The molecule has 3 unspecified atom stereocenters. The molecule has 0 spiro atoms. The van der Waals surface area contributed by atoms with Crippen molar-refractivity contribution in [3.05, 3.63) is 36.5 Å². The summed E-state index contributed by atoms with van der Waals surface area (Å²) >= 11 is 0. The Bertz CT molecular complexity index is 1220. The number of rotatable bonds is 19. The highest BCUT2D eigenvalue weighted by Crippen LogP contribution is 2.26. The van der Waals surface area contributed by atoms with E-state index in [4.69, 9.17) is 24.8 Å². The maximum atomic E-state index is 12.4. The van der Waals surface area contributed by atoms with Crippen molar-refractivity contribution < 1.29 is 67.9 Å². The highest BCUT2D eigenvalue weighted by molar-refractivity contribution is 6.16. The van der Waals surface area contributed by atoms with Crippen LogP contribution in [0.5, 0.6) is 0 Å². The number of carboxylic acids is 3. The maximum absolute atomic E-state index is 12.4. The molecule has 3 atom stereocenters. The minimum Gasteiger partial charge on any atom is -0.480 e. The van der Waals surface area contributed by atoms with Crippen LogP contribution < -0.4 is 10.6 Å². The number of amides is 2. The predicted octanol–water partition coefficient (Wildman–Crippen LogP) is 2.11. The van der Waals surface area contributed by atoms with Gasteiger partial charge < -0.3 is 35.4 Å². The topological polar surface area (TPSA) is 257 Å². The molecule has 276 valence electrons. The number of hydrogen-bond donors (Lipinski definition) is 5. The van der Waals surface area contributed by atoms with Gasteiger partial charge in [0.05, 0.1) is 0 Å². The van der Waals surface area contributed by atoms with E-state index in [0.29, 0.717) is 12.8 Å². The molecule has 49 heavy (non-hydrogen) atoms. The summed E-state index contributed by atoms with van der Waals surface area (Å²) in [6.45, 7) is 21.6. The van der Waals surface area contributed by atoms with Crippen LogP contribution in [-0.4, -0.2) is 94.9 Å². The first-order valence-corrected chi connectivity index (χ1v) is 14.8. The number of carbonyl (C=O) groups excluding carboxylic acids is 6. The van der Waals surface area contributed by atoms with Crippen molar-refractivity contribution in [2.24, 2.45) is 23.2 Å². The zero-order valence-corrected chi connectivity index (χ0v) is 29.4. The molecular weight excluding hydrogens is 648 g/mol. The summed E-state index contributed by atoms with van der Waals surface area (Å²) in [6.07, 6.45) is 1.08. The van der Waals surface area contributed by atoms with Crippen molar-refractivity contribution in [2.45, 2.75) is 68.2 Å². The molecule has 16 heteroatoms. The van der Waals surface area contributed by atoms with Gasteiger partial charge in [0, 0.05) is 29.8 Å². The first kappa shape index (κ1) is 48.2. The fourth-order valence-electron chi connectivity index (χ4n) is 3.50. The van der Waals surface area contributed by atoms with Gasteiger partial charge in [-0.2, -0.15) is 0 Å². The Morgan fingerprint density at radius 3 is 1.45 bits per heavy atom. The van der Waals surface area contributed by atoms with Crippen LogP contribution in [0.15, 0.2) is 36.5 Å². The average molecular weight is 699 g/mol. The summed E-state index contributed by atoms with van der Waals surface area (Å²) in [4.78, 5) is 102. The van der Waals surface area contributed by atoms with E-state index < -0.39 is 70.5 Å². The number of ether oxygens (including phenoxy) is 2. The second kappa shape index (κ2) is 24.1. The third-order valence-electron chi connectivity index (χ3n) is 6.04. The molecule has 0 aromatic heterocycles. The van der Waals surface area contributed by atoms with Gasteiger partial charge in [-0.3, -0.25) is 28.8 Å². The second-order valence-electron chi connectivity index (χ2n) is 12.0. The fraction of sp³-hybridized carbons (Fsp3) is 0.545. The maximum Gasteiger partial charge on any atom is 0.333 e. The van der Waals surface area contributed by atoms with Crippen LogP contribution in [0.1, 0.15) is 68.2 Å². The van der Waals surface area contributed by atoms with Gasteiger partial charge in [0.15, 0.2) is 23.4 Å². The highest BCUT2D eigenvalue weighted by atomic mass is 16.6. The normalized spacial score (nSPS) is 11.9. The Morgan fingerprint density at radius 1 is 0.673 bits per heavy atom. The Morgan fingerprint density at radius 2 is 1.08 bits per heavy atom. The van der Waals surface area contributed by atoms with Crippen LogP contribution in [0, 0.1) is 23.2 Å². The van der Waals surface area contributed by atoms with Crippen molar-refractivity contribution in [1.29, 1.82) is 0 Å². The van der Waals surface area contributed by atoms with Crippen LogP contribution in [0.25, 0.3) is 0 Å². The smallest absolute Gasteiger partial charge is 0.333 e. The molecule has 0 rings (SSSR count).